The zero-order valence-corrected chi connectivity index (χ0v) is 11.4. The van der Waals surface area contributed by atoms with Gasteiger partial charge in [0.2, 0.25) is 5.88 Å². The van der Waals surface area contributed by atoms with Gasteiger partial charge in [-0.1, -0.05) is 6.07 Å². The summed E-state index contributed by atoms with van der Waals surface area (Å²) in [6.07, 6.45) is 1.48. The maximum absolute atomic E-state index is 13.4. The van der Waals surface area contributed by atoms with Gasteiger partial charge in [-0.15, -0.1) is 0 Å². The van der Waals surface area contributed by atoms with Crippen molar-refractivity contribution in [3.8, 4) is 5.88 Å². The molecule has 0 aliphatic rings. The number of halogens is 3. The summed E-state index contributed by atoms with van der Waals surface area (Å²) in [5.74, 6) is -1.96. The summed E-state index contributed by atoms with van der Waals surface area (Å²) in [5.41, 5.74) is 0.259. The quantitative estimate of drug-likeness (QED) is 0.879. The Morgan fingerprint density at radius 2 is 1.95 bits per heavy atom. The number of nitrogens with zero attached hydrogens (tertiary/aromatic N) is 2. The molecule has 100 valence electrons. The zero-order valence-electron chi connectivity index (χ0n) is 9.77. The predicted molar refractivity (Wildman–Crippen MR) is 66.7 cm³/mol. The molecule has 4 nitrogen and oxygen atoms in total. The SMILES string of the molecule is COc1nccnc1C(O)c1ccc(F)c(F)c1Br. The number of aliphatic hydroxyl groups is 1. The van der Waals surface area contributed by atoms with Crippen molar-refractivity contribution in [1.82, 2.24) is 9.97 Å². The Morgan fingerprint density at radius 1 is 1.26 bits per heavy atom. The number of ether oxygens (including phenoxy) is 1. The van der Waals surface area contributed by atoms with Crippen LogP contribution in [0.2, 0.25) is 0 Å². The van der Waals surface area contributed by atoms with Crippen LogP contribution in [0, 0.1) is 11.6 Å². The maximum Gasteiger partial charge on any atom is 0.238 e. The average Bonchev–Trinajstić information content (AvgIpc) is 2.44. The van der Waals surface area contributed by atoms with Gasteiger partial charge in [0.15, 0.2) is 11.6 Å². The molecule has 0 spiro atoms. The van der Waals surface area contributed by atoms with E-state index in [-0.39, 0.29) is 21.6 Å². The standard InChI is InChI=1S/C12H9BrF2N2O2/c1-19-12-10(16-4-5-17-12)11(18)6-2-3-7(14)9(15)8(6)13/h2-5,11,18H,1H3. The molecule has 1 heterocycles. The third-order valence-corrected chi connectivity index (χ3v) is 3.31. The molecule has 0 bridgehead atoms. The fraction of sp³-hybridized carbons (Fsp3) is 0.167. The van der Waals surface area contributed by atoms with E-state index in [1.165, 1.54) is 25.6 Å². The van der Waals surface area contributed by atoms with Crippen LogP contribution in [0.25, 0.3) is 0 Å². The molecule has 1 atom stereocenters. The Kier molecular flexibility index (Phi) is 4.06. The summed E-state index contributed by atoms with van der Waals surface area (Å²) in [7, 11) is 1.38. The minimum absolute atomic E-state index is 0.117. The summed E-state index contributed by atoms with van der Waals surface area (Å²) in [6, 6.07) is 2.20. The number of rotatable bonds is 3. The Morgan fingerprint density at radius 3 is 2.63 bits per heavy atom. The van der Waals surface area contributed by atoms with Crippen molar-refractivity contribution in [2.45, 2.75) is 6.10 Å². The lowest BCUT2D eigenvalue weighted by molar-refractivity contribution is 0.206. The number of aliphatic hydroxyl groups excluding tert-OH is 1. The molecular formula is C12H9BrF2N2O2. The number of benzene rings is 1. The van der Waals surface area contributed by atoms with Crippen LogP contribution >= 0.6 is 15.9 Å². The zero-order chi connectivity index (χ0) is 14.0. The fourth-order valence-electron chi connectivity index (χ4n) is 1.58. The summed E-state index contributed by atoms with van der Waals surface area (Å²) >= 11 is 2.91. The molecule has 0 radical (unpaired) electrons. The third kappa shape index (κ3) is 2.57. The molecule has 0 aliphatic carbocycles. The Labute approximate surface area is 116 Å². The summed E-state index contributed by atoms with van der Waals surface area (Å²) < 4.78 is 31.3. The smallest absolute Gasteiger partial charge is 0.238 e. The van der Waals surface area contributed by atoms with Gasteiger partial charge >= 0.3 is 0 Å². The van der Waals surface area contributed by atoms with Gasteiger partial charge < -0.3 is 9.84 Å². The highest BCUT2D eigenvalue weighted by Crippen LogP contribution is 2.33. The molecular weight excluding hydrogens is 322 g/mol. The van der Waals surface area contributed by atoms with Crippen LogP contribution in [-0.4, -0.2) is 22.2 Å². The molecule has 1 N–H and O–H groups in total. The maximum atomic E-state index is 13.4. The Bertz CT molecular complexity index is 610. The molecule has 0 saturated carbocycles. The molecule has 19 heavy (non-hydrogen) atoms. The van der Waals surface area contributed by atoms with Gasteiger partial charge in [0.1, 0.15) is 11.8 Å². The molecule has 1 aromatic carbocycles. The van der Waals surface area contributed by atoms with E-state index in [0.29, 0.717) is 0 Å². The third-order valence-electron chi connectivity index (χ3n) is 2.50. The highest BCUT2D eigenvalue weighted by molar-refractivity contribution is 9.10. The highest BCUT2D eigenvalue weighted by atomic mass is 79.9. The second-order valence-corrected chi connectivity index (χ2v) is 4.41. The lowest BCUT2D eigenvalue weighted by Gasteiger charge is -2.14. The van der Waals surface area contributed by atoms with Crippen LogP contribution in [-0.2, 0) is 0 Å². The topological polar surface area (TPSA) is 55.2 Å². The normalized spacial score (nSPS) is 12.3. The molecule has 1 aromatic heterocycles. The fourth-order valence-corrected chi connectivity index (χ4v) is 2.12. The molecule has 0 amide bonds. The first-order valence-electron chi connectivity index (χ1n) is 5.22. The minimum Gasteiger partial charge on any atom is -0.480 e. The second kappa shape index (κ2) is 5.58. The van der Waals surface area contributed by atoms with Crippen molar-refractivity contribution in [2.24, 2.45) is 0 Å². The first-order valence-corrected chi connectivity index (χ1v) is 6.02. The van der Waals surface area contributed by atoms with Gasteiger partial charge in [0.25, 0.3) is 0 Å². The summed E-state index contributed by atoms with van der Waals surface area (Å²) in [6.45, 7) is 0. The average molecular weight is 331 g/mol. The van der Waals surface area contributed by atoms with Crippen molar-refractivity contribution in [3.63, 3.8) is 0 Å². The van der Waals surface area contributed by atoms with Crippen LogP contribution in [0.5, 0.6) is 5.88 Å². The lowest BCUT2D eigenvalue weighted by Crippen LogP contribution is -2.08. The first-order chi connectivity index (χ1) is 9.06. The van der Waals surface area contributed by atoms with Gasteiger partial charge in [0, 0.05) is 18.0 Å². The van der Waals surface area contributed by atoms with E-state index in [1.54, 1.807) is 0 Å². The molecule has 1 unspecified atom stereocenters. The van der Waals surface area contributed by atoms with Crippen molar-refractivity contribution < 1.29 is 18.6 Å². The monoisotopic (exact) mass is 330 g/mol. The second-order valence-electron chi connectivity index (χ2n) is 3.62. The molecule has 7 heteroatoms. The molecule has 0 aliphatic heterocycles. The lowest BCUT2D eigenvalue weighted by atomic mass is 10.1. The van der Waals surface area contributed by atoms with Gasteiger partial charge in [-0.05, 0) is 22.0 Å². The van der Waals surface area contributed by atoms with E-state index in [9.17, 15) is 13.9 Å². The predicted octanol–water partition coefficient (Wildman–Crippen LogP) is 2.61. The van der Waals surface area contributed by atoms with E-state index >= 15 is 0 Å². The van der Waals surface area contributed by atoms with E-state index < -0.39 is 17.7 Å². The van der Waals surface area contributed by atoms with Gasteiger partial charge in [0.05, 0.1) is 11.6 Å². The summed E-state index contributed by atoms with van der Waals surface area (Å²) in [5, 5.41) is 10.2. The molecule has 0 fully saturated rings. The van der Waals surface area contributed by atoms with Crippen LogP contribution < -0.4 is 4.74 Å². The Hall–Kier alpha value is -1.60. The van der Waals surface area contributed by atoms with E-state index in [1.807, 2.05) is 0 Å². The first kappa shape index (κ1) is 13.8. The number of hydrogen-bond acceptors (Lipinski definition) is 4. The largest absolute Gasteiger partial charge is 0.480 e. The van der Waals surface area contributed by atoms with Crippen molar-refractivity contribution in [3.05, 3.63) is 51.9 Å². The number of methoxy groups -OCH3 is 1. The van der Waals surface area contributed by atoms with Crippen LogP contribution in [0.3, 0.4) is 0 Å². The van der Waals surface area contributed by atoms with E-state index in [4.69, 9.17) is 4.74 Å². The number of hydrogen-bond donors (Lipinski definition) is 1. The number of aromatic nitrogens is 2. The molecule has 2 rings (SSSR count). The summed E-state index contributed by atoms with van der Waals surface area (Å²) in [4.78, 5) is 7.83. The van der Waals surface area contributed by atoms with Gasteiger partial charge in [-0.25, -0.2) is 13.8 Å². The minimum atomic E-state index is -1.28. The van der Waals surface area contributed by atoms with E-state index in [0.717, 1.165) is 6.07 Å². The Balaban J connectivity index is 2.50. The van der Waals surface area contributed by atoms with Crippen LogP contribution in [0.15, 0.2) is 29.0 Å². The van der Waals surface area contributed by atoms with E-state index in [2.05, 4.69) is 25.9 Å². The van der Waals surface area contributed by atoms with Crippen molar-refractivity contribution in [2.75, 3.05) is 7.11 Å². The van der Waals surface area contributed by atoms with Crippen molar-refractivity contribution in [1.29, 1.82) is 0 Å². The van der Waals surface area contributed by atoms with Crippen molar-refractivity contribution >= 4 is 15.9 Å². The van der Waals surface area contributed by atoms with Gasteiger partial charge in [-0.3, -0.25) is 4.98 Å². The molecule has 0 saturated heterocycles. The molecule has 2 aromatic rings. The highest BCUT2D eigenvalue weighted by Gasteiger charge is 2.23. The van der Waals surface area contributed by atoms with Crippen LogP contribution in [0.1, 0.15) is 17.4 Å². The van der Waals surface area contributed by atoms with Crippen LogP contribution in [0.4, 0.5) is 8.78 Å². The van der Waals surface area contributed by atoms with Gasteiger partial charge in [-0.2, -0.15) is 0 Å².